The fourth-order valence-corrected chi connectivity index (χ4v) is 7.13. The average molecular weight is 374 g/mol. The number of benzene rings is 1. The molecular formula is C15H19NO4S3. The van der Waals surface area contributed by atoms with Crippen molar-refractivity contribution in [3.63, 3.8) is 0 Å². The fraction of sp³-hybridized carbons (Fsp3) is 0.533. The van der Waals surface area contributed by atoms with Crippen molar-refractivity contribution in [2.45, 2.75) is 17.0 Å². The minimum atomic E-state index is -2.98. The van der Waals surface area contributed by atoms with Crippen LogP contribution in [0.3, 0.4) is 0 Å². The number of rotatable bonds is 5. The monoisotopic (exact) mass is 373 g/mol. The average Bonchev–Trinajstić information content (AvgIpc) is 3.15. The summed E-state index contributed by atoms with van der Waals surface area (Å²) in [7, 11) is -2.98. The molecule has 0 aliphatic carbocycles. The molecule has 1 N–H and O–H groups in total. The zero-order valence-corrected chi connectivity index (χ0v) is 15.0. The van der Waals surface area contributed by atoms with E-state index in [0.717, 1.165) is 0 Å². The van der Waals surface area contributed by atoms with E-state index in [0.29, 0.717) is 16.8 Å². The van der Waals surface area contributed by atoms with E-state index >= 15 is 0 Å². The molecule has 1 amide bonds. The van der Waals surface area contributed by atoms with Gasteiger partial charge in [0.15, 0.2) is 16.4 Å². The molecule has 1 atom stereocenters. The third-order valence-electron chi connectivity index (χ3n) is 3.74. The number of amides is 1. The van der Waals surface area contributed by atoms with Crippen molar-refractivity contribution in [1.82, 2.24) is 5.32 Å². The summed E-state index contributed by atoms with van der Waals surface area (Å²) in [5.41, 5.74) is 1.27. The summed E-state index contributed by atoms with van der Waals surface area (Å²) < 4.78 is 28.7. The van der Waals surface area contributed by atoms with Gasteiger partial charge < -0.3 is 10.1 Å². The molecule has 0 saturated carbocycles. The molecule has 8 heteroatoms. The fourth-order valence-electron chi connectivity index (χ4n) is 2.60. The Labute approximate surface area is 144 Å². The number of hydrogen-bond acceptors (Lipinski definition) is 6. The van der Waals surface area contributed by atoms with Crippen molar-refractivity contribution >= 4 is 39.3 Å². The first-order valence-electron chi connectivity index (χ1n) is 7.48. The molecule has 1 aromatic rings. The van der Waals surface area contributed by atoms with Gasteiger partial charge in [0.1, 0.15) is 5.75 Å². The van der Waals surface area contributed by atoms with Gasteiger partial charge in [-0.05, 0) is 24.1 Å². The minimum Gasteiger partial charge on any atom is -0.484 e. The number of thioether (sulfide) groups is 2. The molecule has 2 aliphatic heterocycles. The highest BCUT2D eigenvalue weighted by Gasteiger charge is 2.28. The zero-order valence-electron chi connectivity index (χ0n) is 12.6. The number of nitrogens with one attached hydrogen (secondary N) is 1. The van der Waals surface area contributed by atoms with Crippen LogP contribution in [-0.4, -0.2) is 50.0 Å². The second-order valence-corrected chi connectivity index (χ2v) is 10.6. The van der Waals surface area contributed by atoms with Gasteiger partial charge in [-0.3, -0.25) is 4.79 Å². The Hall–Kier alpha value is -0.860. The lowest BCUT2D eigenvalue weighted by Gasteiger charge is -2.12. The maximum absolute atomic E-state index is 11.8. The first-order chi connectivity index (χ1) is 11.0. The molecule has 2 heterocycles. The van der Waals surface area contributed by atoms with Crippen LogP contribution in [0.15, 0.2) is 24.3 Å². The lowest BCUT2D eigenvalue weighted by Crippen LogP contribution is -2.38. The predicted molar refractivity (Wildman–Crippen MR) is 94.8 cm³/mol. The van der Waals surface area contributed by atoms with Gasteiger partial charge in [-0.1, -0.05) is 12.1 Å². The highest BCUT2D eigenvalue weighted by molar-refractivity contribution is 8.19. The van der Waals surface area contributed by atoms with E-state index in [1.54, 1.807) is 0 Å². The number of sulfone groups is 1. The molecule has 1 aromatic carbocycles. The summed E-state index contributed by atoms with van der Waals surface area (Å²) in [6, 6.07) is 7.54. The van der Waals surface area contributed by atoms with Gasteiger partial charge in [0.05, 0.1) is 16.1 Å². The smallest absolute Gasteiger partial charge is 0.258 e. The summed E-state index contributed by atoms with van der Waals surface area (Å²) in [5, 5.41) is 2.71. The first kappa shape index (κ1) is 17.0. The normalized spacial score (nSPS) is 23.7. The second-order valence-electron chi connectivity index (χ2n) is 5.60. The Morgan fingerprint density at radius 3 is 2.52 bits per heavy atom. The Balaban J connectivity index is 1.45. The van der Waals surface area contributed by atoms with Crippen LogP contribution in [0, 0.1) is 0 Å². The van der Waals surface area contributed by atoms with E-state index in [9.17, 15) is 13.2 Å². The molecule has 3 rings (SSSR count). The zero-order chi connectivity index (χ0) is 16.3. The number of carbonyl (C=O) groups is 1. The van der Waals surface area contributed by atoms with E-state index in [1.807, 2.05) is 47.8 Å². The summed E-state index contributed by atoms with van der Waals surface area (Å²) in [4.78, 5) is 11.8. The molecule has 0 radical (unpaired) electrons. The van der Waals surface area contributed by atoms with Crippen molar-refractivity contribution in [1.29, 1.82) is 0 Å². The quantitative estimate of drug-likeness (QED) is 0.849. The molecule has 0 spiro atoms. The maximum atomic E-state index is 11.8. The van der Waals surface area contributed by atoms with Gasteiger partial charge in [0, 0.05) is 17.5 Å². The van der Waals surface area contributed by atoms with Crippen molar-refractivity contribution in [2.24, 2.45) is 0 Å². The van der Waals surface area contributed by atoms with Gasteiger partial charge in [-0.2, -0.15) is 0 Å². The highest BCUT2D eigenvalue weighted by Crippen LogP contribution is 2.45. The van der Waals surface area contributed by atoms with Gasteiger partial charge in [0.2, 0.25) is 0 Å². The van der Waals surface area contributed by atoms with Crippen LogP contribution in [0.1, 0.15) is 16.6 Å². The van der Waals surface area contributed by atoms with Crippen LogP contribution in [0.2, 0.25) is 0 Å². The van der Waals surface area contributed by atoms with Crippen LogP contribution in [-0.2, 0) is 14.6 Å². The molecule has 2 saturated heterocycles. The van der Waals surface area contributed by atoms with Gasteiger partial charge in [0.25, 0.3) is 5.91 Å². The van der Waals surface area contributed by atoms with Crippen molar-refractivity contribution in [3.05, 3.63) is 29.8 Å². The Morgan fingerprint density at radius 2 is 1.91 bits per heavy atom. The number of hydrogen-bond donors (Lipinski definition) is 1. The lowest BCUT2D eigenvalue weighted by molar-refractivity contribution is -0.123. The van der Waals surface area contributed by atoms with E-state index < -0.39 is 9.84 Å². The Bertz CT molecular complexity index is 654. The van der Waals surface area contributed by atoms with E-state index in [2.05, 4.69) is 5.32 Å². The third kappa shape index (κ3) is 4.81. The molecule has 5 nitrogen and oxygen atoms in total. The molecular weight excluding hydrogens is 354 g/mol. The standard InChI is InChI=1S/C15H19NO4S3/c17-14(16-12-5-8-23(18,19)10-12)9-20-13-3-1-11(2-4-13)15-21-6-7-22-15/h1-4,12,15H,5-10H2,(H,16,17)/t12-/m1/s1. The third-order valence-corrected chi connectivity index (χ3v) is 8.61. The summed E-state index contributed by atoms with van der Waals surface area (Å²) in [5.74, 6) is 2.92. The van der Waals surface area contributed by atoms with Crippen molar-refractivity contribution < 1.29 is 17.9 Å². The van der Waals surface area contributed by atoms with Gasteiger partial charge >= 0.3 is 0 Å². The van der Waals surface area contributed by atoms with Crippen LogP contribution >= 0.6 is 23.5 Å². The summed E-state index contributed by atoms with van der Waals surface area (Å²) in [6.07, 6.45) is 0.486. The molecule has 2 aliphatic rings. The largest absolute Gasteiger partial charge is 0.484 e. The molecule has 0 aromatic heterocycles. The van der Waals surface area contributed by atoms with Crippen LogP contribution in [0.5, 0.6) is 5.75 Å². The van der Waals surface area contributed by atoms with Crippen molar-refractivity contribution in [3.8, 4) is 5.75 Å². The summed E-state index contributed by atoms with van der Waals surface area (Å²) in [6.45, 7) is -0.0944. The number of carbonyl (C=O) groups excluding carboxylic acids is 1. The first-order valence-corrected chi connectivity index (χ1v) is 11.4. The predicted octanol–water partition coefficient (Wildman–Crippen LogP) is 1.85. The van der Waals surface area contributed by atoms with Gasteiger partial charge in [-0.25, -0.2) is 8.42 Å². The van der Waals surface area contributed by atoms with Crippen LogP contribution in [0.4, 0.5) is 0 Å². The van der Waals surface area contributed by atoms with Gasteiger partial charge in [-0.15, -0.1) is 23.5 Å². The molecule has 0 unspecified atom stereocenters. The molecule has 126 valence electrons. The number of ether oxygens (including phenoxy) is 1. The van der Waals surface area contributed by atoms with Crippen LogP contribution in [0.25, 0.3) is 0 Å². The molecule has 2 fully saturated rings. The van der Waals surface area contributed by atoms with Crippen LogP contribution < -0.4 is 10.1 Å². The van der Waals surface area contributed by atoms with E-state index in [1.165, 1.54) is 17.1 Å². The SMILES string of the molecule is O=C(COc1ccc(C2SCCS2)cc1)N[C@@H]1CCS(=O)(=O)C1. The Kier molecular flexibility index (Phi) is 5.43. The molecule has 23 heavy (non-hydrogen) atoms. The van der Waals surface area contributed by atoms with E-state index in [-0.39, 0.29) is 30.1 Å². The second kappa shape index (κ2) is 7.36. The van der Waals surface area contributed by atoms with E-state index in [4.69, 9.17) is 4.74 Å². The lowest BCUT2D eigenvalue weighted by atomic mass is 10.2. The maximum Gasteiger partial charge on any atom is 0.258 e. The highest BCUT2D eigenvalue weighted by atomic mass is 32.2. The molecule has 0 bridgehead atoms. The Morgan fingerprint density at radius 1 is 1.22 bits per heavy atom. The summed E-state index contributed by atoms with van der Waals surface area (Å²) >= 11 is 3.89. The van der Waals surface area contributed by atoms with Crippen molar-refractivity contribution in [2.75, 3.05) is 29.6 Å². The minimum absolute atomic E-state index is 0.0319. The topological polar surface area (TPSA) is 72.5 Å².